The predicted molar refractivity (Wildman–Crippen MR) is 78.9 cm³/mol. The second kappa shape index (κ2) is 6.24. The molecule has 0 saturated carbocycles. The van der Waals surface area contributed by atoms with Gasteiger partial charge in [-0.25, -0.2) is 0 Å². The van der Waals surface area contributed by atoms with Crippen molar-refractivity contribution < 1.29 is 9.59 Å². The van der Waals surface area contributed by atoms with Crippen molar-refractivity contribution in [2.45, 2.75) is 12.8 Å². The Balaban J connectivity index is 1.94. The summed E-state index contributed by atoms with van der Waals surface area (Å²) in [5.41, 5.74) is 0. The first kappa shape index (κ1) is 14.1. The molecule has 0 fully saturated rings. The predicted octanol–water partition coefficient (Wildman–Crippen LogP) is 4.29. The van der Waals surface area contributed by atoms with Crippen LogP contribution in [0.15, 0.2) is 28.1 Å². The monoisotopic (exact) mass is 353 g/mol. The second-order valence-electron chi connectivity index (χ2n) is 3.73. The molecule has 0 bridgehead atoms. The van der Waals surface area contributed by atoms with Crippen molar-refractivity contribution in [1.29, 1.82) is 5.26 Å². The Morgan fingerprint density at radius 1 is 1.05 bits per heavy atom. The summed E-state index contributed by atoms with van der Waals surface area (Å²) in [7, 11) is 0. The van der Waals surface area contributed by atoms with E-state index in [1.54, 1.807) is 18.2 Å². The first-order valence-electron chi connectivity index (χ1n) is 5.42. The molecule has 0 aromatic carbocycles. The molecule has 0 N–H and O–H groups in total. The highest BCUT2D eigenvalue weighted by molar-refractivity contribution is 9.11. The third-order valence-corrected chi connectivity index (χ3v) is 5.11. The summed E-state index contributed by atoms with van der Waals surface area (Å²) in [5, 5.41) is 8.69. The number of thiophene rings is 2. The van der Waals surface area contributed by atoms with E-state index in [1.807, 2.05) is 12.1 Å². The lowest BCUT2D eigenvalue weighted by atomic mass is 10.1. The Morgan fingerprint density at radius 3 is 2.11 bits per heavy atom. The Morgan fingerprint density at radius 2 is 1.63 bits per heavy atom. The molecular weight excluding hydrogens is 346 g/mol. The third kappa shape index (κ3) is 3.60. The Labute approximate surface area is 126 Å². The van der Waals surface area contributed by atoms with Crippen LogP contribution in [-0.4, -0.2) is 11.6 Å². The largest absolute Gasteiger partial charge is 0.293 e. The average molecular weight is 354 g/mol. The van der Waals surface area contributed by atoms with E-state index in [1.165, 1.54) is 22.7 Å². The summed E-state index contributed by atoms with van der Waals surface area (Å²) in [4.78, 5) is 25.4. The molecule has 2 aromatic heterocycles. The van der Waals surface area contributed by atoms with Gasteiger partial charge in [0.2, 0.25) is 0 Å². The number of hydrogen-bond acceptors (Lipinski definition) is 5. The molecule has 0 aliphatic carbocycles. The normalized spacial score (nSPS) is 10.1. The van der Waals surface area contributed by atoms with Crippen LogP contribution in [0.4, 0.5) is 0 Å². The van der Waals surface area contributed by atoms with Gasteiger partial charge in [-0.2, -0.15) is 5.26 Å². The van der Waals surface area contributed by atoms with Crippen molar-refractivity contribution >= 4 is 50.2 Å². The molecule has 2 aromatic rings. The highest BCUT2D eigenvalue weighted by atomic mass is 79.9. The average Bonchev–Trinajstić information content (AvgIpc) is 3.04. The van der Waals surface area contributed by atoms with Crippen molar-refractivity contribution in [3.8, 4) is 6.07 Å². The summed E-state index contributed by atoms with van der Waals surface area (Å²) in [6.45, 7) is 0. The zero-order valence-corrected chi connectivity index (χ0v) is 12.9. The fraction of sp³-hybridized carbons (Fsp3) is 0.154. The SMILES string of the molecule is N#Cc1ccc(C(=O)CCC(=O)c2ccc(Br)s2)s1. The van der Waals surface area contributed by atoms with Crippen molar-refractivity contribution in [1.82, 2.24) is 0 Å². The number of rotatable bonds is 5. The van der Waals surface area contributed by atoms with Crippen LogP contribution in [0, 0.1) is 11.3 Å². The summed E-state index contributed by atoms with van der Waals surface area (Å²) in [5.74, 6) is -0.114. The fourth-order valence-corrected chi connectivity index (χ4v) is 3.61. The molecule has 19 heavy (non-hydrogen) atoms. The molecule has 2 heterocycles. The van der Waals surface area contributed by atoms with E-state index < -0.39 is 0 Å². The smallest absolute Gasteiger partial charge is 0.173 e. The topological polar surface area (TPSA) is 57.9 Å². The maximum Gasteiger partial charge on any atom is 0.173 e. The maximum atomic E-state index is 11.9. The lowest BCUT2D eigenvalue weighted by Crippen LogP contribution is -2.02. The highest BCUT2D eigenvalue weighted by Crippen LogP contribution is 2.24. The van der Waals surface area contributed by atoms with Crippen LogP contribution in [0.5, 0.6) is 0 Å². The van der Waals surface area contributed by atoms with Crippen LogP contribution in [0.3, 0.4) is 0 Å². The number of hydrogen-bond donors (Lipinski definition) is 0. The molecule has 96 valence electrons. The van der Waals surface area contributed by atoms with E-state index in [9.17, 15) is 9.59 Å². The number of ketones is 2. The van der Waals surface area contributed by atoms with Gasteiger partial charge >= 0.3 is 0 Å². The van der Waals surface area contributed by atoms with Gasteiger partial charge in [0, 0.05) is 12.8 Å². The number of nitriles is 1. The molecule has 3 nitrogen and oxygen atoms in total. The van der Waals surface area contributed by atoms with Crippen molar-refractivity contribution in [2.24, 2.45) is 0 Å². The van der Waals surface area contributed by atoms with Crippen LogP contribution in [-0.2, 0) is 0 Å². The van der Waals surface area contributed by atoms with Gasteiger partial charge in [0.25, 0.3) is 0 Å². The van der Waals surface area contributed by atoms with Gasteiger partial charge in [-0.05, 0) is 40.2 Å². The number of nitrogens with zero attached hydrogens (tertiary/aromatic N) is 1. The van der Waals surface area contributed by atoms with E-state index in [0.29, 0.717) is 14.6 Å². The van der Waals surface area contributed by atoms with Crippen molar-refractivity contribution in [2.75, 3.05) is 0 Å². The van der Waals surface area contributed by atoms with Gasteiger partial charge in [0.05, 0.1) is 13.5 Å². The molecule has 6 heteroatoms. The minimum Gasteiger partial charge on any atom is -0.293 e. The van der Waals surface area contributed by atoms with E-state index in [2.05, 4.69) is 15.9 Å². The number of carbonyl (C=O) groups is 2. The van der Waals surface area contributed by atoms with E-state index in [-0.39, 0.29) is 24.4 Å². The number of carbonyl (C=O) groups excluding carboxylic acids is 2. The van der Waals surface area contributed by atoms with Crippen LogP contribution >= 0.6 is 38.6 Å². The van der Waals surface area contributed by atoms with Crippen molar-refractivity contribution in [3.05, 3.63) is 42.7 Å². The minimum atomic E-state index is -0.0875. The molecule has 0 aliphatic rings. The van der Waals surface area contributed by atoms with E-state index in [4.69, 9.17) is 5.26 Å². The van der Waals surface area contributed by atoms with Gasteiger partial charge in [0.15, 0.2) is 11.6 Å². The molecule has 0 unspecified atom stereocenters. The first-order chi connectivity index (χ1) is 9.10. The zero-order valence-electron chi connectivity index (χ0n) is 9.68. The quantitative estimate of drug-likeness (QED) is 0.753. The molecule has 0 aliphatic heterocycles. The molecule has 2 rings (SSSR count). The fourth-order valence-electron chi connectivity index (χ4n) is 1.49. The van der Waals surface area contributed by atoms with Gasteiger partial charge in [-0.3, -0.25) is 9.59 Å². The minimum absolute atomic E-state index is 0.0267. The molecule has 0 atom stereocenters. The van der Waals surface area contributed by atoms with E-state index in [0.717, 1.165) is 3.79 Å². The summed E-state index contributed by atoms with van der Waals surface area (Å²) in [6, 6.07) is 8.82. The van der Waals surface area contributed by atoms with Gasteiger partial charge in [-0.1, -0.05) is 0 Å². The van der Waals surface area contributed by atoms with Crippen LogP contribution in [0.25, 0.3) is 0 Å². The Hall–Kier alpha value is -1.29. The Kier molecular flexibility index (Phi) is 4.64. The first-order valence-corrected chi connectivity index (χ1v) is 7.84. The van der Waals surface area contributed by atoms with Crippen LogP contribution < -0.4 is 0 Å². The second-order valence-corrected chi connectivity index (χ2v) is 7.27. The highest BCUT2D eigenvalue weighted by Gasteiger charge is 2.14. The maximum absolute atomic E-state index is 11.9. The van der Waals surface area contributed by atoms with Crippen molar-refractivity contribution in [3.63, 3.8) is 0 Å². The summed E-state index contributed by atoms with van der Waals surface area (Å²) in [6.07, 6.45) is 0.380. The summed E-state index contributed by atoms with van der Waals surface area (Å²) < 4.78 is 0.902. The lowest BCUT2D eigenvalue weighted by Gasteiger charge is -1.97. The molecule has 0 amide bonds. The lowest BCUT2D eigenvalue weighted by molar-refractivity contribution is 0.0921. The summed E-state index contributed by atoms with van der Waals surface area (Å²) >= 11 is 5.83. The zero-order chi connectivity index (χ0) is 13.8. The molecule has 0 spiro atoms. The Bertz CT molecular complexity index is 666. The van der Waals surface area contributed by atoms with Crippen LogP contribution in [0.2, 0.25) is 0 Å². The van der Waals surface area contributed by atoms with Gasteiger partial charge in [-0.15, -0.1) is 22.7 Å². The molecular formula is C13H8BrNO2S2. The molecule has 0 saturated heterocycles. The van der Waals surface area contributed by atoms with E-state index >= 15 is 0 Å². The molecule has 0 radical (unpaired) electrons. The van der Waals surface area contributed by atoms with Gasteiger partial charge in [0.1, 0.15) is 10.9 Å². The van der Waals surface area contributed by atoms with Crippen LogP contribution in [0.1, 0.15) is 37.1 Å². The standard InChI is InChI=1S/C13H8BrNO2S2/c14-13-6-5-12(19-13)10(17)3-2-9(16)11-4-1-8(7-15)18-11/h1,4-6H,2-3H2. The number of Topliss-reactive ketones (excluding diaryl/α,β-unsaturated/α-hetero) is 2. The third-order valence-electron chi connectivity index (χ3n) is 2.42. The number of halogens is 1. The van der Waals surface area contributed by atoms with Gasteiger partial charge < -0.3 is 0 Å².